The van der Waals surface area contributed by atoms with E-state index in [0.29, 0.717) is 5.92 Å². The van der Waals surface area contributed by atoms with Gasteiger partial charge < -0.3 is 19.9 Å². The van der Waals surface area contributed by atoms with Crippen LogP contribution in [0.5, 0.6) is 5.75 Å². The quantitative estimate of drug-likeness (QED) is 0.573. The largest absolute Gasteiger partial charge is 0.493 e. The molecule has 0 saturated heterocycles. The minimum atomic E-state index is 0.541. The SMILES string of the molecule is CN=C(NCCc1ccc(OCC(C)C)cc1)NCc1ccn(C)c1. The maximum Gasteiger partial charge on any atom is 0.191 e. The van der Waals surface area contributed by atoms with Crippen LogP contribution in [0.2, 0.25) is 0 Å². The highest BCUT2D eigenvalue weighted by Crippen LogP contribution is 2.13. The monoisotopic (exact) mass is 342 g/mol. The van der Waals surface area contributed by atoms with Crippen molar-refractivity contribution in [2.75, 3.05) is 20.2 Å². The van der Waals surface area contributed by atoms with E-state index in [1.54, 1.807) is 7.05 Å². The molecule has 2 aromatic rings. The Morgan fingerprint density at radius 2 is 1.88 bits per heavy atom. The van der Waals surface area contributed by atoms with E-state index in [9.17, 15) is 0 Å². The Hall–Kier alpha value is -2.43. The fourth-order valence-corrected chi connectivity index (χ4v) is 2.41. The van der Waals surface area contributed by atoms with Crippen LogP contribution in [0.25, 0.3) is 0 Å². The van der Waals surface area contributed by atoms with Crippen molar-refractivity contribution in [3.8, 4) is 5.75 Å². The van der Waals surface area contributed by atoms with E-state index >= 15 is 0 Å². The highest BCUT2D eigenvalue weighted by atomic mass is 16.5. The van der Waals surface area contributed by atoms with E-state index in [1.807, 2.05) is 29.9 Å². The molecule has 2 N–H and O–H groups in total. The Morgan fingerprint density at radius 1 is 1.12 bits per heavy atom. The van der Waals surface area contributed by atoms with Crippen LogP contribution in [0.15, 0.2) is 47.7 Å². The van der Waals surface area contributed by atoms with Crippen molar-refractivity contribution < 1.29 is 4.74 Å². The van der Waals surface area contributed by atoms with Gasteiger partial charge in [-0.05, 0) is 41.7 Å². The zero-order valence-electron chi connectivity index (χ0n) is 15.7. The van der Waals surface area contributed by atoms with Crippen LogP contribution < -0.4 is 15.4 Å². The number of nitrogens with zero attached hydrogens (tertiary/aromatic N) is 2. The van der Waals surface area contributed by atoms with Crippen LogP contribution in [0.1, 0.15) is 25.0 Å². The number of aliphatic imine (C=N–C) groups is 1. The summed E-state index contributed by atoms with van der Waals surface area (Å²) in [5.41, 5.74) is 2.52. The van der Waals surface area contributed by atoms with E-state index in [0.717, 1.165) is 37.8 Å². The lowest BCUT2D eigenvalue weighted by Crippen LogP contribution is -2.37. The molecular weight excluding hydrogens is 312 g/mol. The highest BCUT2D eigenvalue weighted by molar-refractivity contribution is 5.79. The second-order valence-corrected chi connectivity index (χ2v) is 6.64. The summed E-state index contributed by atoms with van der Waals surface area (Å²) in [5.74, 6) is 2.30. The van der Waals surface area contributed by atoms with Gasteiger partial charge in [0.15, 0.2) is 5.96 Å². The summed E-state index contributed by atoms with van der Waals surface area (Å²) in [6.45, 7) is 6.66. The van der Waals surface area contributed by atoms with Crippen molar-refractivity contribution in [3.05, 3.63) is 53.9 Å². The van der Waals surface area contributed by atoms with E-state index in [4.69, 9.17) is 4.74 Å². The Labute approximate surface area is 151 Å². The van der Waals surface area contributed by atoms with Crippen LogP contribution in [-0.4, -0.2) is 30.7 Å². The van der Waals surface area contributed by atoms with Gasteiger partial charge in [0.2, 0.25) is 0 Å². The van der Waals surface area contributed by atoms with Crippen molar-refractivity contribution in [2.24, 2.45) is 18.0 Å². The first-order chi connectivity index (χ1) is 12.1. The van der Waals surface area contributed by atoms with Gasteiger partial charge in [0.1, 0.15) is 5.75 Å². The van der Waals surface area contributed by atoms with Gasteiger partial charge in [-0.25, -0.2) is 0 Å². The normalized spacial score (nSPS) is 11.6. The summed E-state index contributed by atoms with van der Waals surface area (Å²) >= 11 is 0. The lowest BCUT2D eigenvalue weighted by Gasteiger charge is -2.12. The first-order valence-corrected chi connectivity index (χ1v) is 8.84. The number of ether oxygens (including phenoxy) is 1. The second-order valence-electron chi connectivity index (χ2n) is 6.64. The van der Waals surface area contributed by atoms with Gasteiger partial charge in [0.05, 0.1) is 6.61 Å². The van der Waals surface area contributed by atoms with Gasteiger partial charge >= 0.3 is 0 Å². The summed E-state index contributed by atoms with van der Waals surface area (Å²) in [6, 6.07) is 10.4. The minimum Gasteiger partial charge on any atom is -0.493 e. The summed E-state index contributed by atoms with van der Waals surface area (Å²) in [6.07, 6.45) is 5.08. The number of aromatic nitrogens is 1. The summed E-state index contributed by atoms with van der Waals surface area (Å²) < 4.78 is 7.76. The molecule has 0 saturated carbocycles. The standard InChI is InChI=1S/C20H30N4O/c1-16(2)15-25-19-7-5-17(6-8-19)9-11-22-20(21-3)23-13-18-10-12-24(4)14-18/h5-8,10,12,14,16H,9,11,13,15H2,1-4H3,(H2,21,22,23). The number of aryl methyl sites for hydroxylation is 1. The maximum atomic E-state index is 5.71. The molecule has 0 aliphatic rings. The van der Waals surface area contributed by atoms with Crippen molar-refractivity contribution in [1.29, 1.82) is 0 Å². The molecular formula is C20H30N4O. The molecule has 5 heteroatoms. The molecule has 0 aliphatic carbocycles. The molecule has 0 amide bonds. The van der Waals surface area contributed by atoms with Crippen molar-refractivity contribution >= 4 is 5.96 Å². The summed E-state index contributed by atoms with van der Waals surface area (Å²) in [5, 5.41) is 6.68. The predicted octanol–water partition coefficient (Wildman–Crippen LogP) is 2.97. The van der Waals surface area contributed by atoms with E-state index in [1.165, 1.54) is 11.1 Å². The van der Waals surface area contributed by atoms with Gasteiger partial charge in [-0.3, -0.25) is 4.99 Å². The fraction of sp³-hybridized carbons (Fsp3) is 0.450. The van der Waals surface area contributed by atoms with Crippen molar-refractivity contribution in [1.82, 2.24) is 15.2 Å². The van der Waals surface area contributed by atoms with Crippen LogP contribution >= 0.6 is 0 Å². The number of hydrogen-bond acceptors (Lipinski definition) is 2. The fourth-order valence-electron chi connectivity index (χ4n) is 2.41. The highest BCUT2D eigenvalue weighted by Gasteiger charge is 2.01. The Bertz CT molecular complexity index is 659. The minimum absolute atomic E-state index is 0.541. The Kier molecular flexibility index (Phi) is 7.38. The molecule has 1 aromatic heterocycles. The van der Waals surface area contributed by atoms with Gasteiger partial charge in [0, 0.05) is 39.6 Å². The molecule has 5 nitrogen and oxygen atoms in total. The number of nitrogens with one attached hydrogen (secondary N) is 2. The van der Waals surface area contributed by atoms with Crippen LogP contribution in [-0.2, 0) is 20.0 Å². The first-order valence-electron chi connectivity index (χ1n) is 8.84. The lowest BCUT2D eigenvalue weighted by atomic mass is 10.1. The molecule has 0 spiro atoms. The third kappa shape index (κ3) is 6.91. The summed E-state index contributed by atoms with van der Waals surface area (Å²) in [4.78, 5) is 4.26. The number of benzene rings is 1. The molecule has 0 radical (unpaired) electrons. The molecule has 0 fully saturated rings. The molecule has 2 rings (SSSR count). The molecule has 1 aromatic carbocycles. The zero-order chi connectivity index (χ0) is 18.1. The average Bonchev–Trinajstić information content (AvgIpc) is 3.02. The van der Waals surface area contributed by atoms with Crippen molar-refractivity contribution in [2.45, 2.75) is 26.8 Å². The van der Waals surface area contributed by atoms with Gasteiger partial charge in [0.25, 0.3) is 0 Å². The van der Waals surface area contributed by atoms with Gasteiger partial charge in [-0.1, -0.05) is 26.0 Å². The predicted molar refractivity (Wildman–Crippen MR) is 104 cm³/mol. The van der Waals surface area contributed by atoms with Crippen LogP contribution in [0.4, 0.5) is 0 Å². The maximum absolute atomic E-state index is 5.71. The zero-order valence-corrected chi connectivity index (χ0v) is 15.7. The van der Waals surface area contributed by atoms with Gasteiger partial charge in [-0.15, -0.1) is 0 Å². The van der Waals surface area contributed by atoms with E-state index < -0.39 is 0 Å². The van der Waals surface area contributed by atoms with E-state index in [-0.39, 0.29) is 0 Å². The molecule has 0 atom stereocenters. The molecule has 25 heavy (non-hydrogen) atoms. The number of guanidine groups is 1. The van der Waals surface area contributed by atoms with Crippen LogP contribution in [0.3, 0.4) is 0 Å². The molecule has 0 bridgehead atoms. The van der Waals surface area contributed by atoms with Crippen LogP contribution in [0, 0.1) is 5.92 Å². The smallest absolute Gasteiger partial charge is 0.191 e. The molecule has 1 heterocycles. The van der Waals surface area contributed by atoms with Gasteiger partial charge in [-0.2, -0.15) is 0 Å². The lowest BCUT2D eigenvalue weighted by molar-refractivity contribution is 0.271. The third-order valence-electron chi connectivity index (χ3n) is 3.79. The first kappa shape index (κ1) is 18.9. The second kappa shape index (κ2) is 9.77. The number of rotatable bonds is 8. The number of hydrogen-bond donors (Lipinski definition) is 2. The Balaban J connectivity index is 1.71. The summed E-state index contributed by atoms with van der Waals surface area (Å²) in [7, 11) is 3.82. The topological polar surface area (TPSA) is 50.6 Å². The third-order valence-corrected chi connectivity index (χ3v) is 3.79. The van der Waals surface area contributed by atoms with E-state index in [2.05, 4.69) is 53.9 Å². The molecule has 0 aliphatic heterocycles. The molecule has 136 valence electrons. The average molecular weight is 342 g/mol. The van der Waals surface area contributed by atoms with Crippen molar-refractivity contribution in [3.63, 3.8) is 0 Å². The Morgan fingerprint density at radius 3 is 2.48 bits per heavy atom. The molecule has 0 unspecified atom stereocenters.